The number of sulfonamides is 1. The van der Waals surface area contributed by atoms with E-state index in [0.717, 1.165) is 10.0 Å². The van der Waals surface area contributed by atoms with Gasteiger partial charge in [-0.2, -0.15) is 0 Å². The average molecular weight is 371 g/mol. The summed E-state index contributed by atoms with van der Waals surface area (Å²) in [6, 6.07) is 5.24. The topological polar surface area (TPSA) is 82.3 Å². The van der Waals surface area contributed by atoms with Crippen LogP contribution >= 0.6 is 15.9 Å². The lowest BCUT2D eigenvalue weighted by Crippen LogP contribution is -2.15. The second-order valence-corrected chi connectivity index (χ2v) is 7.15. The number of halogens is 1. The van der Waals surface area contributed by atoms with Crippen LogP contribution in [0.1, 0.15) is 16.7 Å². The molecule has 0 aliphatic heterocycles. The summed E-state index contributed by atoms with van der Waals surface area (Å²) < 4.78 is 29.6. The molecule has 0 radical (unpaired) electrons. The third kappa shape index (κ3) is 4.03. The number of ether oxygens (including phenoxy) is 1. The van der Waals surface area contributed by atoms with E-state index in [1.54, 1.807) is 38.4 Å². The van der Waals surface area contributed by atoms with Gasteiger partial charge in [0.2, 0.25) is 10.0 Å². The SMILES string of the molecule is Cc1cc(OCc2cncc(Br)c2)cc(C)c1S(N)(=O)=O. The minimum Gasteiger partial charge on any atom is -0.489 e. The van der Waals surface area contributed by atoms with E-state index < -0.39 is 10.0 Å². The number of primary sulfonamides is 1. The maximum atomic E-state index is 11.5. The van der Waals surface area contributed by atoms with Crippen molar-refractivity contribution in [2.75, 3.05) is 0 Å². The van der Waals surface area contributed by atoms with E-state index >= 15 is 0 Å². The molecule has 7 heteroatoms. The Kier molecular flexibility index (Phi) is 4.65. The van der Waals surface area contributed by atoms with Crippen LogP contribution in [0.25, 0.3) is 0 Å². The highest BCUT2D eigenvalue weighted by Crippen LogP contribution is 2.25. The molecule has 0 atom stereocenters. The Morgan fingerprint density at radius 2 is 1.81 bits per heavy atom. The fourth-order valence-corrected chi connectivity index (χ4v) is 3.57. The molecule has 1 heterocycles. The number of pyridine rings is 1. The lowest BCUT2D eigenvalue weighted by molar-refractivity contribution is 0.305. The molecule has 0 unspecified atom stereocenters. The molecule has 21 heavy (non-hydrogen) atoms. The molecule has 0 saturated heterocycles. The largest absolute Gasteiger partial charge is 0.489 e. The van der Waals surface area contributed by atoms with E-state index in [0.29, 0.717) is 23.5 Å². The van der Waals surface area contributed by atoms with Crippen LogP contribution in [0, 0.1) is 13.8 Å². The molecule has 1 aromatic carbocycles. The van der Waals surface area contributed by atoms with Gasteiger partial charge in [-0.1, -0.05) is 0 Å². The molecule has 0 spiro atoms. The van der Waals surface area contributed by atoms with Crippen LogP contribution in [-0.4, -0.2) is 13.4 Å². The first-order chi connectivity index (χ1) is 9.77. The number of nitrogens with two attached hydrogens (primary N) is 1. The second-order valence-electron chi connectivity index (χ2n) is 4.73. The number of nitrogens with zero attached hydrogens (tertiary/aromatic N) is 1. The molecule has 1 aromatic heterocycles. The summed E-state index contributed by atoms with van der Waals surface area (Å²) >= 11 is 3.34. The fourth-order valence-electron chi connectivity index (χ4n) is 2.14. The molecule has 0 aliphatic carbocycles. The van der Waals surface area contributed by atoms with Gasteiger partial charge < -0.3 is 4.74 Å². The number of rotatable bonds is 4. The summed E-state index contributed by atoms with van der Waals surface area (Å²) in [6.07, 6.45) is 3.40. The van der Waals surface area contributed by atoms with Gasteiger partial charge in [-0.15, -0.1) is 0 Å². The zero-order valence-corrected chi connectivity index (χ0v) is 14.0. The van der Waals surface area contributed by atoms with Gasteiger partial charge in [0.15, 0.2) is 0 Å². The Balaban J connectivity index is 2.23. The first-order valence-corrected chi connectivity index (χ1v) is 8.47. The van der Waals surface area contributed by atoms with Gasteiger partial charge in [-0.05, 0) is 59.1 Å². The van der Waals surface area contributed by atoms with Crippen molar-refractivity contribution in [1.82, 2.24) is 4.98 Å². The van der Waals surface area contributed by atoms with E-state index in [1.807, 2.05) is 6.07 Å². The van der Waals surface area contributed by atoms with E-state index in [4.69, 9.17) is 9.88 Å². The monoisotopic (exact) mass is 370 g/mol. The molecule has 0 saturated carbocycles. The van der Waals surface area contributed by atoms with Crippen molar-refractivity contribution in [3.05, 3.63) is 51.8 Å². The molecule has 0 fully saturated rings. The Morgan fingerprint density at radius 3 is 2.33 bits per heavy atom. The molecule has 0 amide bonds. The Morgan fingerprint density at radius 1 is 1.19 bits per heavy atom. The van der Waals surface area contributed by atoms with Crippen molar-refractivity contribution in [3.8, 4) is 5.75 Å². The number of aromatic nitrogens is 1. The summed E-state index contributed by atoms with van der Waals surface area (Å²) in [7, 11) is -3.73. The van der Waals surface area contributed by atoms with Crippen LogP contribution in [0.3, 0.4) is 0 Å². The quantitative estimate of drug-likeness (QED) is 0.896. The third-order valence-corrected chi connectivity index (χ3v) is 4.53. The van der Waals surface area contributed by atoms with Gasteiger partial charge in [0.05, 0.1) is 4.90 Å². The number of benzene rings is 1. The summed E-state index contributed by atoms with van der Waals surface area (Å²) in [5.74, 6) is 0.595. The Labute approximate surface area is 132 Å². The Hall–Kier alpha value is -1.44. The van der Waals surface area contributed by atoms with Crippen LogP contribution in [0.2, 0.25) is 0 Å². The van der Waals surface area contributed by atoms with Crippen LogP contribution in [0.5, 0.6) is 5.75 Å². The molecule has 5 nitrogen and oxygen atoms in total. The number of aryl methyl sites for hydroxylation is 2. The van der Waals surface area contributed by atoms with Gasteiger partial charge in [-0.25, -0.2) is 13.6 Å². The molecule has 0 bridgehead atoms. The standard InChI is InChI=1S/C14H15BrN2O3S/c1-9-3-13(4-10(2)14(9)21(16,18)19)20-8-11-5-12(15)7-17-6-11/h3-7H,8H2,1-2H3,(H2,16,18,19). The van der Waals surface area contributed by atoms with E-state index in [2.05, 4.69) is 20.9 Å². The molecule has 2 rings (SSSR count). The van der Waals surface area contributed by atoms with Crippen LogP contribution < -0.4 is 9.88 Å². The predicted molar refractivity (Wildman–Crippen MR) is 83.6 cm³/mol. The van der Waals surface area contributed by atoms with Gasteiger partial charge in [0.25, 0.3) is 0 Å². The van der Waals surface area contributed by atoms with Crippen LogP contribution in [0.15, 0.2) is 40.0 Å². The predicted octanol–water partition coefficient (Wildman–Crippen LogP) is 2.69. The van der Waals surface area contributed by atoms with E-state index in [1.165, 1.54) is 0 Å². The molecule has 112 valence electrons. The van der Waals surface area contributed by atoms with Crippen LogP contribution in [0.4, 0.5) is 0 Å². The first kappa shape index (κ1) is 15.9. The zero-order chi connectivity index (χ0) is 15.6. The molecule has 2 N–H and O–H groups in total. The molecular formula is C14H15BrN2O3S. The van der Waals surface area contributed by atoms with E-state index in [9.17, 15) is 8.42 Å². The summed E-state index contributed by atoms with van der Waals surface area (Å²) in [5, 5.41) is 5.21. The van der Waals surface area contributed by atoms with Crippen molar-refractivity contribution in [2.45, 2.75) is 25.3 Å². The summed E-state index contributed by atoms with van der Waals surface area (Å²) in [5.41, 5.74) is 2.05. The highest BCUT2D eigenvalue weighted by atomic mass is 79.9. The molecule has 2 aromatic rings. The fraction of sp³-hybridized carbons (Fsp3) is 0.214. The maximum Gasteiger partial charge on any atom is 0.238 e. The number of hydrogen-bond donors (Lipinski definition) is 1. The van der Waals surface area contributed by atoms with Gasteiger partial charge in [0.1, 0.15) is 12.4 Å². The van der Waals surface area contributed by atoms with Crippen molar-refractivity contribution in [1.29, 1.82) is 0 Å². The normalized spacial score (nSPS) is 11.4. The highest BCUT2D eigenvalue weighted by molar-refractivity contribution is 9.10. The first-order valence-electron chi connectivity index (χ1n) is 6.13. The summed E-state index contributed by atoms with van der Waals surface area (Å²) in [6.45, 7) is 3.74. The summed E-state index contributed by atoms with van der Waals surface area (Å²) in [4.78, 5) is 4.21. The smallest absolute Gasteiger partial charge is 0.238 e. The Bertz CT molecular complexity index is 753. The van der Waals surface area contributed by atoms with Crippen molar-refractivity contribution in [3.63, 3.8) is 0 Å². The van der Waals surface area contributed by atoms with Gasteiger partial charge in [0, 0.05) is 22.4 Å². The van der Waals surface area contributed by atoms with Crippen molar-refractivity contribution >= 4 is 26.0 Å². The molecule has 0 aliphatic rings. The lowest BCUT2D eigenvalue weighted by atomic mass is 10.1. The average Bonchev–Trinajstić information content (AvgIpc) is 2.34. The van der Waals surface area contributed by atoms with Gasteiger partial charge >= 0.3 is 0 Å². The van der Waals surface area contributed by atoms with Crippen LogP contribution in [-0.2, 0) is 16.6 Å². The van der Waals surface area contributed by atoms with Gasteiger partial charge in [-0.3, -0.25) is 4.98 Å². The lowest BCUT2D eigenvalue weighted by Gasteiger charge is -2.12. The maximum absolute atomic E-state index is 11.5. The minimum absolute atomic E-state index is 0.152. The number of hydrogen-bond acceptors (Lipinski definition) is 4. The second kappa shape index (κ2) is 6.13. The van der Waals surface area contributed by atoms with Crippen molar-refractivity contribution in [2.24, 2.45) is 5.14 Å². The zero-order valence-electron chi connectivity index (χ0n) is 11.6. The third-order valence-electron chi connectivity index (χ3n) is 2.89. The van der Waals surface area contributed by atoms with Crippen molar-refractivity contribution < 1.29 is 13.2 Å². The minimum atomic E-state index is -3.73. The highest BCUT2D eigenvalue weighted by Gasteiger charge is 2.16. The molecular weight excluding hydrogens is 356 g/mol. The van der Waals surface area contributed by atoms with E-state index in [-0.39, 0.29) is 4.90 Å².